The Labute approximate surface area is 105 Å². The lowest BCUT2D eigenvalue weighted by atomic mass is 10.1. The Morgan fingerprint density at radius 2 is 2.12 bits per heavy atom. The maximum Gasteiger partial charge on any atom is 0.253 e. The van der Waals surface area contributed by atoms with Crippen LogP contribution in [0.5, 0.6) is 0 Å². The number of carbonyl (C=O) groups excluding carboxylic acids is 1. The third kappa shape index (κ3) is 2.90. The van der Waals surface area contributed by atoms with Gasteiger partial charge in [0, 0.05) is 19.3 Å². The molecule has 0 aromatic heterocycles. The van der Waals surface area contributed by atoms with Crippen LogP contribution >= 0.6 is 11.6 Å². The number of ether oxygens (including phenoxy) is 1. The maximum absolute atomic E-state index is 12.0. The average Bonchev–Trinajstić information content (AvgIpc) is 2.34. The number of hydrogen-bond acceptors (Lipinski definition) is 3. The molecule has 5 heteroatoms. The summed E-state index contributed by atoms with van der Waals surface area (Å²) in [7, 11) is 0. The molecule has 1 heterocycles. The summed E-state index contributed by atoms with van der Waals surface area (Å²) in [4.78, 5) is 12.0. The highest BCUT2D eigenvalue weighted by atomic mass is 35.5. The minimum atomic E-state index is -0.172. The normalized spacial score (nSPS) is 16.8. The number of hydrogen-bond donors (Lipinski definition) is 2. The Bertz CT molecular complexity index is 417. The summed E-state index contributed by atoms with van der Waals surface area (Å²) in [5.74, 6) is -0.172. The second kappa shape index (κ2) is 5.38. The largest absolute Gasteiger partial charge is 0.398 e. The molecule has 1 aliphatic rings. The first kappa shape index (κ1) is 12.2. The van der Waals surface area contributed by atoms with Gasteiger partial charge in [-0.15, -0.1) is 0 Å². The molecule has 1 aliphatic heterocycles. The van der Waals surface area contributed by atoms with Crippen molar-refractivity contribution in [3.05, 3.63) is 28.8 Å². The van der Waals surface area contributed by atoms with Gasteiger partial charge in [0.25, 0.3) is 5.91 Å². The first-order valence-electron chi connectivity index (χ1n) is 5.61. The number of anilines is 1. The van der Waals surface area contributed by atoms with Gasteiger partial charge in [-0.05, 0) is 25.0 Å². The van der Waals surface area contributed by atoms with Crippen LogP contribution in [0.1, 0.15) is 23.2 Å². The minimum Gasteiger partial charge on any atom is -0.398 e. The van der Waals surface area contributed by atoms with Gasteiger partial charge in [0.15, 0.2) is 0 Å². The maximum atomic E-state index is 12.0. The molecule has 0 atom stereocenters. The van der Waals surface area contributed by atoms with Crippen molar-refractivity contribution in [3.8, 4) is 0 Å². The Balaban J connectivity index is 2.06. The van der Waals surface area contributed by atoms with Crippen LogP contribution in [0.2, 0.25) is 5.02 Å². The fraction of sp³-hybridized carbons (Fsp3) is 0.417. The van der Waals surface area contributed by atoms with Crippen LogP contribution in [0.4, 0.5) is 5.69 Å². The molecular weight excluding hydrogens is 240 g/mol. The third-order valence-electron chi connectivity index (χ3n) is 2.83. The zero-order valence-corrected chi connectivity index (χ0v) is 10.2. The Morgan fingerprint density at radius 1 is 1.41 bits per heavy atom. The fourth-order valence-corrected chi connectivity index (χ4v) is 2.04. The summed E-state index contributed by atoms with van der Waals surface area (Å²) in [5.41, 5.74) is 6.51. The van der Waals surface area contributed by atoms with Gasteiger partial charge in [-0.1, -0.05) is 17.7 Å². The first-order valence-corrected chi connectivity index (χ1v) is 5.99. The van der Waals surface area contributed by atoms with Crippen LogP contribution < -0.4 is 11.1 Å². The SMILES string of the molecule is Nc1cccc(C(=O)NC2CCOCC2)c1Cl. The number of carbonyl (C=O) groups is 1. The molecule has 2 rings (SSSR count). The third-order valence-corrected chi connectivity index (χ3v) is 3.25. The number of rotatable bonds is 2. The molecular formula is C12H15ClN2O2. The van der Waals surface area contributed by atoms with Crippen molar-refractivity contribution < 1.29 is 9.53 Å². The van der Waals surface area contributed by atoms with Gasteiger partial charge in [-0.2, -0.15) is 0 Å². The molecule has 1 aromatic rings. The van der Waals surface area contributed by atoms with Gasteiger partial charge in [-0.25, -0.2) is 0 Å². The molecule has 1 fully saturated rings. The quantitative estimate of drug-likeness (QED) is 0.792. The van der Waals surface area contributed by atoms with Crippen molar-refractivity contribution in [1.82, 2.24) is 5.32 Å². The van der Waals surface area contributed by atoms with E-state index in [0.717, 1.165) is 12.8 Å². The zero-order chi connectivity index (χ0) is 12.3. The molecule has 0 aliphatic carbocycles. The van der Waals surface area contributed by atoms with E-state index >= 15 is 0 Å². The van der Waals surface area contributed by atoms with Crippen molar-refractivity contribution in [1.29, 1.82) is 0 Å². The van der Waals surface area contributed by atoms with Crippen molar-refractivity contribution in [3.63, 3.8) is 0 Å². The van der Waals surface area contributed by atoms with E-state index < -0.39 is 0 Å². The van der Waals surface area contributed by atoms with Gasteiger partial charge in [0.2, 0.25) is 0 Å². The number of benzene rings is 1. The van der Waals surface area contributed by atoms with Crippen LogP contribution in [0, 0.1) is 0 Å². The van der Waals surface area contributed by atoms with Crippen LogP contribution in [-0.2, 0) is 4.74 Å². The standard InChI is InChI=1S/C12H15ClN2O2/c13-11-9(2-1-3-10(11)14)12(16)15-8-4-6-17-7-5-8/h1-3,8H,4-7,14H2,(H,15,16). The molecule has 92 valence electrons. The second-order valence-corrected chi connectivity index (χ2v) is 4.45. The lowest BCUT2D eigenvalue weighted by molar-refractivity contribution is 0.0696. The van der Waals surface area contributed by atoms with Crippen molar-refractivity contribution in [2.24, 2.45) is 0 Å². The molecule has 0 saturated carbocycles. The Morgan fingerprint density at radius 3 is 2.82 bits per heavy atom. The van der Waals surface area contributed by atoms with Crippen molar-refractivity contribution >= 4 is 23.2 Å². The Kier molecular flexibility index (Phi) is 3.86. The van der Waals surface area contributed by atoms with Crippen LogP contribution in [0.25, 0.3) is 0 Å². The van der Waals surface area contributed by atoms with Gasteiger partial charge in [0.05, 0.1) is 16.3 Å². The minimum absolute atomic E-state index is 0.161. The lowest BCUT2D eigenvalue weighted by Crippen LogP contribution is -2.39. The van der Waals surface area contributed by atoms with Gasteiger partial charge < -0.3 is 15.8 Å². The highest BCUT2D eigenvalue weighted by Gasteiger charge is 2.18. The van der Waals surface area contributed by atoms with Crippen LogP contribution in [0.15, 0.2) is 18.2 Å². The van der Waals surface area contributed by atoms with E-state index in [1.165, 1.54) is 0 Å². The average molecular weight is 255 g/mol. The van der Waals surface area contributed by atoms with Crippen LogP contribution in [0.3, 0.4) is 0 Å². The number of amides is 1. The molecule has 1 aromatic carbocycles. The summed E-state index contributed by atoms with van der Waals surface area (Å²) in [6, 6.07) is 5.23. The van der Waals surface area contributed by atoms with Gasteiger partial charge in [0.1, 0.15) is 0 Å². The predicted molar refractivity (Wildman–Crippen MR) is 67.2 cm³/mol. The summed E-state index contributed by atoms with van der Waals surface area (Å²) in [6.45, 7) is 1.38. The Hall–Kier alpha value is -1.26. The zero-order valence-electron chi connectivity index (χ0n) is 9.41. The molecule has 4 nitrogen and oxygen atoms in total. The van der Waals surface area contributed by atoms with E-state index in [1.807, 2.05) is 0 Å². The monoisotopic (exact) mass is 254 g/mol. The van der Waals surface area contributed by atoms with E-state index in [4.69, 9.17) is 22.1 Å². The molecule has 0 bridgehead atoms. The molecule has 1 amide bonds. The van der Waals surface area contributed by atoms with Gasteiger partial charge >= 0.3 is 0 Å². The number of nitrogens with one attached hydrogen (secondary N) is 1. The van der Waals surface area contributed by atoms with E-state index in [9.17, 15) is 4.79 Å². The molecule has 0 radical (unpaired) electrons. The smallest absolute Gasteiger partial charge is 0.253 e. The number of halogens is 1. The molecule has 3 N–H and O–H groups in total. The second-order valence-electron chi connectivity index (χ2n) is 4.07. The van der Waals surface area contributed by atoms with Crippen LogP contribution in [-0.4, -0.2) is 25.2 Å². The molecule has 1 saturated heterocycles. The first-order chi connectivity index (χ1) is 8.18. The molecule has 0 spiro atoms. The highest BCUT2D eigenvalue weighted by molar-refractivity contribution is 6.36. The summed E-state index contributed by atoms with van der Waals surface area (Å²) in [5, 5.41) is 3.26. The summed E-state index contributed by atoms with van der Waals surface area (Å²) >= 11 is 6.00. The van der Waals surface area contributed by atoms with Crippen molar-refractivity contribution in [2.75, 3.05) is 18.9 Å². The van der Waals surface area contributed by atoms with E-state index in [-0.39, 0.29) is 11.9 Å². The van der Waals surface area contributed by atoms with E-state index in [0.29, 0.717) is 29.5 Å². The van der Waals surface area contributed by atoms with E-state index in [2.05, 4.69) is 5.32 Å². The highest BCUT2D eigenvalue weighted by Crippen LogP contribution is 2.23. The number of nitrogens with two attached hydrogens (primary N) is 1. The van der Waals surface area contributed by atoms with E-state index in [1.54, 1.807) is 18.2 Å². The summed E-state index contributed by atoms with van der Waals surface area (Å²) < 4.78 is 5.23. The predicted octanol–water partition coefficient (Wildman–Crippen LogP) is 1.83. The van der Waals surface area contributed by atoms with Crippen molar-refractivity contribution in [2.45, 2.75) is 18.9 Å². The lowest BCUT2D eigenvalue weighted by Gasteiger charge is -2.23. The molecule has 0 unspecified atom stereocenters. The summed E-state index contributed by atoms with van der Waals surface area (Å²) in [6.07, 6.45) is 1.68. The van der Waals surface area contributed by atoms with Gasteiger partial charge in [-0.3, -0.25) is 4.79 Å². The number of nitrogen functional groups attached to an aromatic ring is 1. The molecule has 17 heavy (non-hydrogen) atoms. The topological polar surface area (TPSA) is 64.4 Å². The fourth-order valence-electron chi connectivity index (χ4n) is 1.83.